The Labute approximate surface area is 181 Å². The van der Waals surface area contributed by atoms with E-state index in [4.69, 9.17) is 34.8 Å². The number of halogens is 3. The molecule has 8 atom stereocenters. The van der Waals surface area contributed by atoms with Crippen LogP contribution in [0, 0.1) is 34.5 Å². The minimum Gasteiger partial charge on any atom is -0.298 e. The van der Waals surface area contributed by atoms with Gasteiger partial charge in [-0.05, 0) is 61.9 Å². The molecule has 4 aliphatic rings. The van der Waals surface area contributed by atoms with Gasteiger partial charge in [-0.2, -0.15) is 0 Å². The summed E-state index contributed by atoms with van der Waals surface area (Å²) >= 11 is 20.4. The van der Waals surface area contributed by atoms with Crippen molar-refractivity contribution in [3.63, 3.8) is 0 Å². The number of ketones is 3. The fourth-order valence-electron chi connectivity index (χ4n) is 7.51. The van der Waals surface area contributed by atoms with Gasteiger partial charge in [-0.15, -0.1) is 34.8 Å². The molecule has 0 spiro atoms. The zero-order valence-corrected chi connectivity index (χ0v) is 18.8. The molecule has 3 saturated carbocycles. The summed E-state index contributed by atoms with van der Waals surface area (Å²) in [6.45, 7) is 6.19. The van der Waals surface area contributed by atoms with Gasteiger partial charge in [-0.3, -0.25) is 14.4 Å². The molecule has 0 aromatic carbocycles. The maximum Gasteiger partial charge on any atom is 0.163 e. The second-order valence-corrected chi connectivity index (χ2v) is 11.3. The fourth-order valence-corrected chi connectivity index (χ4v) is 8.95. The molecule has 154 valence electrons. The second kappa shape index (κ2) is 6.56. The SMILES string of the molecule is CC1C[C@H]2[C@@H]3CCC4=CC(=O)CC(=O)[C@]4(C)[C@@]3(Cl)C(Cl)C[C@]2(C)[C@H]1C(=O)CCl. The molecule has 28 heavy (non-hydrogen) atoms. The first kappa shape index (κ1) is 20.9. The number of alkyl halides is 3. The summed E-state index contributed by atoms with van der Waals surface area (Å²) in [5, 5.41) is -0.456. The number of fused-ring (bicyclic) bond motifs is 5. The van der Waals surface area contributed by atoms with E-state index in [1.54, 1.807) is 6.08 Å². The van der Waals surface area contributed by atoms with E-state index in [0.29, 0.717) is 12.8 Å². The second-order valence-electron chi connectivity index (χ2n) is 9.85. The van der Waals surface area contributed by atoms with Crippen LogP contribution in [-0.4, -0.2) is 33.5 Å². The Balaban J connectivity index is 1.83. The molecule has 4 rings (SSSR count). The number of hydrogen-bond donors (Lipinski definition) is 0. The van der Waals surface area contributed by atoms with E-state index in [2.05, 4.69) is 13.8 Å². The molecule has 0 saturated heterocycles. The first-order valence-corrected chi connectivity index (χ1v) is 11.6. The lowest BCUT2D eigenvalue weighted by Crippen LogP contribution is -2.67. The van der Waals surface area contributed by atoms with Crippen LogP contribution in [-0.2, 0) is 14.4 Å². The molecule has 0 radical (unpaired) electrons. The zero-order chi connectivity index (χ0) is 20.6. The minimum absolute atomic E-state index is 0.0200. The van der Waals surface area contributed by atoms with Crippen LogP contribution >= 0.6 is 34.8 Å². The van der Waals surface area contributed by atoms with Crippen molar-refractivity contribution in [3.8, 4) is 0 Å². The zero-order valence-electron chi connectivity index (χ0n) is 16.6. The van der Waals surface area contributed by atoms with Gasteiger partial charge in [0.15, 0.2) is 17.3 Å². The lowest BCUT2D eigenvalue weighted by molar-refractivity contribution is -0.139. The van der Waals surface area contributed by atoms with E-state index in [1.807, 2.05) is 6.92 Å². The minimum atomic E-state index is -0.931. The van der Waals surface area contributed by atoms with Crippen molar-refractivity contribution in [3.05, 3.63) is 11.6 Å². The Bertz CT molecular complexity index is 792. The third-order valence-corrected chi connectivity index (χ3v) is 10.5. The number of Topliss-reactive ketones (excluding diaryl/α,β-unsaturated/α-hetero) is 2. The van der Waals surface area contributed by atoms with Crippen molar-refractivity contribution < 1.29 is 14.4 Å². The molecular weight excluding hydrogens is 419 g/mol. The van der Waals surface area contributed by atoms with E-state index in [-0.39, 0.29) is 58.7 Å². The Hall–Kier alpha value is -0.380. The van der Waals surface area contributed by atoms with Crippen LogP contribution in [0.2, 0.25) is 0 Å². The van der Waals surface area contributed by atoms with Gasteiger partial charge < -0.3 is 0 Å². The van der Waals surface area contributed by atoms with Crippen LogP contribution in [0.15, 0.2) is 11.6 Å². The maximum atomic E-state index is 13.1. The van der Waals surface area contributed by atoms with E-state index >= 15 is 0 Å². The Morgan fingerprint density at radius 1 is 1.25 bits per heavy atom. The highest BCUT2D eigenvalue weighted by atomic mass is 35.5. The topological polar surface area (TPSA) is 51.2 Å². The van der Waals surface area contributed by atoms with Gasteiger partial charge in [0.1, 0.15) is 0 Å². The molecule has 0 heterocycles. The Kier molecular flexibility index (Phi) is 4.89. The Morgan fingerprint density at radius 2 is 1.93 bits per heavy atom. The molecular formula is C22H27Cl3O3. The van der Waals surface area contributed by atoms with Crippen LogP contribution in [0.1, 0.15) is 52.9 Å². The highest BCUT2D eigenvalue weighted by Gasteiger charge is 2.72. The van der Waals surface area contributed by atoms with Crippen molar-refractivity contribution in [2.45, 2.75) is 63.1 Å². The standard InChI is InChI=1S/C22H27Cl3O3/c1-11-6-15-14-5-4-12-7-13(26)8-18(28)21(12,3)22(14,25)17(24)9-20(15,2)19(11)16(27)10-23/h7,11,14-15,17,19H,4-6,8-10H2,1-3H3/t11?,14-,15-,17?,19+,20-,21+,22-/m0/s1. The predicted molar refractivity (Wildman–Crippen MR) is 111 cm³/mol. The summed E-state index contributed by atoms with van der Waals surface area (Å²) in [5.41, 5.74) is -0.336. The molecule has 4 aliphatic carbocycles. The van der Waals surface area contributed by atoms with Gasteiger partial charge in [0.25, 0.3) is 0 Å². The van der Waals surface area contributed by atoms with Crippen LogP contribution < -0.4 is 0 Å². The summed E-state index contributed by atoms with van der Waals surface area (Å²) in [5.74, 6) is 0.219. The summed E-state index contributed by atoms with van der Waals surface area (Å²) in [4.78, 5) is 36.9. The highest BCUT2D eigenvalue weighted by Crippen LogP contribution is 2.71. The van der Waals surface area contributed by atoms with Crippen molar-refractivity contribution >= 4 is 52.2 Å². The number of rotatable bonds is 2. The first-order valence-electron chi connectivity index (χ1n) is 10.2. The number of carbonyl (C=O) groups is 3. The fraction of sp³-hybridized carbons (Fsp3) is 0.773. The summed E-state index contributed by atoms with van der Waals surface area (Å²) in [7, 11) is 0. The normalized spacial score (nSPS) is 50.5. The number of allylic oxidation sites excluding steroid dienone is 1. The lowest BCUT2D eigenvalue weighted by atomic mass is 9.45. The molecule has 2 unspecified atom stereocenters. The molecule has 0 N–H and O–H groups in total. The third-order valence-electron chi connectivity index (χ3n) is 8.69. The maximum absolute atomic E-state index is 13.1. The van der Waals surface area contributed by atoms with Crippen molar-refractivity contribution in [2.75, 3.05) is 5.88 Å². The number of hydrogen-bond acceptors (Lipinski definition) is 3. The monoisotopic (exact) mass is 444 g/mol. The lowest BCUT2D eigenvalue weighted by Gasteiger charge is -2.63. The van der Waals surface area contributed by atoms with Crippen molar-refractivity contribution in [2.24, 2.45) is 34.5 Å². The highest BCUT2D eigenvalue weighted by molar-refractivity contribution is 6.35. The van der Waals surface area contributed by atoms with Crippen LogP contribution in [0.25, 0.3) is 0 Å². The van der Waals surface area contributed by atoms with Gasteiger partial charge in [-0.25, -0.2) is 0 Å². The van der Waals surface area contributed by atoms with Crippen molar-refractivity contribution in [1.82, 2.24) is 0 Å². The van der Waals surface area contributed by atoms with E-state index in [0.717, 1.165) is 18.4 Å². The quantitative estimate of drug-likeness (QED) is 0.446. The molecule has 6 heteroatoms. The molecule has 0 aromatic rings. The van der Waals surface area contributed by atoms with E-state index in [1.165, 1.54) is 0 Å². The smallest absolute Gasteiger partial charge is 0.163 e. The van der Waals surface area contributed by atoms with Crippen LogP contribution in [0.5, 0.6) is 0 Å². The van der Waals surface area contributed by atoms with Gasteiger partial charge in [0.05, 0.1) is 28.0 Å². The molecule has 3 nitrogen and oxygen atoms in total. The van der Waals surface area contributed by atoms with E-state index in [9.17, 15) is 14.4 Å². The molecule has 0 aliphatic heterocycles. The third kappa shape index (κ3) is 2.39. The summed E-state index contributed by atoms with van der Waals surface area (Å²) in [6, 6.07) is 0. The number of carbonyl (C=O) groups excluding carboxylic acids is 3. The van der Waals surface area contributed by atoms with Gasteiger partial charge >= 0.3 is 0 Å². The molecule has 0 amide bonds. The average molecular weight is 446 g/mol. The van der Waals surface area contributed by atoms with Gasteiger partial charge in [-0.1, -0.05) is 19.4 Å². The largest absolute Gasteiger partial charge is 0.298 e. The predicted octanol–water partition coefficient (Wildman–Crippen LogP) is 4.95. The first-order chi connectivity index (χ1) is 13.0. The molecule has 0 bridgehead atoms. The summed E-state index contributed by atoms with van der Waals surface area (Å²) < 4.78 is 0. The average Bonchev–Trinajstić information content (AvgIpc) is 2.87. The van der Waals surface area contributed by atoms with Gasteiger partial charge in [0, 0.05) is 5.92 Å². The molecule has 3 fully saturated rings. The van der Waals surface area contributed by atoms with Crippen LogP contribution in [0.3, 0.4) is 0 Å². The van der Waals surface area contributed by atoms with Crippen LogP contribution in [0.4, 0.5) is 0 Å². The summed E-state index contributed by atoms with van der Waals surface area (Å²) in [6.07, 6.45) is 4.50. The van der Waals surface area contributed by atoms with E-state index < -0.39 is 15.7 Å². The van der Waals surface area contributed by atoms with Crippen molar-refractivity contribution in [1.29, 1.82) is 0 Å². The Morgan fingerprint density at radius 3 is 2.57 bits per heavy atom. The molecule has 0 aromatic heterocycles. The van der Waals surface area contributed by atoms with Gasteiger partial charge in [0.2, 0.25) is 0 Å².